The Morgan fingerprint density at radius 3 is 2.77 bits per heavy atom. The topological polar surface area (TPSA) is 38.3 Å². The van der Waals surface area contributed by atoms with E-state index in [2.05, 4.69) is 52.6 Å². The fraction of sp³-hybridized carbons (Fsp3) is 0.529. The quantitative estimate of drug-likeness (QED) is 0.855. The Kier molecular flexibility index (Phi) is 4.62. The Bertz CT molecular complexity index is 633. The molecule has 118 valence electrons. The Morgan fingerprint density at radius 2 is 2.00 bits per heavy atom. The molecule has 0 spiro atoms. The van der Waals surface area contributed by atoms with Gasteiger partial charge in [0.1, 0.15) is 6.61 Å². The van der Waals surface area contributed by atoms with Crippen molar-refractivity contribution in [1.29, 1.82) is 0 Å². The highest BCUT2D eigenvalue weighted by Crippen LogP contribution is 2.30. The van der Waals surface area contributed by atoms with Gasteiger partial charge in [-0.3, -0.25) is 0 Å². The molecular weight excluding hydrogens is 294 g/mol. The molecule has 5 heteroatoms. The minimum Gasteiger partial charge on any atom is -0.470 e. The van der Waals surface area contributed by atoms with Crippen LogP contribution in [0.2, 0.25) is 0 Å². The van der Waals surface area contributed by atoms with Gasteiger partial charge in [0.15, 0.2) is 0 Å². The van der Waals surface area contributed by atoms with Crippen LogP contribution in [0.4, 0.5) is 5.82 Å². The Balaban J connectivity index is 1.69. The molecule has 1 aromatic heterocycles. The van der Waals surface area contributed by atoms with Crippen LogP contribution in [0.15, 0.2) is 18.2 Å². The number of hydrogen-bond donors (Lipinski definition) is 0. The summed E-state index contributed by atoms with van der Waals surface area (Å²) >= 11 is 1.24. The van der Waals surface area contributed by atoms with Crippen molar-refractivity contribution in [2.75, 3.05) is 18.0 Å². The second-order valence-corrected chi connectivity index (χ2v) is 6.81. The Labute approximate surface area is 136 Å². The molecule has 4 nitrogen and oxygen atoms in total. The highest BCUT2D eigenvalue weighted by Gasteiger charge is 2.22. The van der Waals surface area contributed by atoms with Crippen LogP contribution in [-0.4, -0.2) is 21.8 Å². The number of hydrogen-bond acceptors (Lipinski definition) is 5. The minimum absolute atomic E-state index is 0.552. The summed E-state index contributed by atoms with van der Waals surface area (Å²) in [6, 6.07) is 6.45. The summed E-state index contributed by atoms with van der Waals surface area (Å²) in [6.07, 6.45) is 2.43. The van der Waals surface area contributed by atoms with E-state index in [0.717, 1.165) is 24.8 Å². The van der Waals surface area contributed by atoms with E-state index in [1.165, 1.54) is 41.3 Å². The van der Waals surface area contributed by atoms with Crippen molar-refractivity contribution in [1.82, 2.24) is 8.75 Å². The maximum absolute atomic E-state index is 5.97. The first-order chi connectivity index (χ1) is 10.6. The van der Waals surface area contributed by atoms with E-state index in [0.29, 0.717) is 12.5 Å². The lowest BCUT2D eigenvalue weighted by Crippen LogP contribution is -2.33. The summed E-state index contributed by atoms with van der Waals surface area (Å²) in [5, 5.41) is 0. The van der Waals surface area contributed by atoms with Crippen molar-refractivity contribution in [3.8, 4) is 5.88 Å². The van der Waals surface area contributed by atoms with Crippen LogP contribution in [-0.2, 0) is 6.61 Å². The molecule has 0 unspecified atom stereocenters. The smallest absolute Gasteiger partial charge is 0.271 e. The zero-order valence-corrected chi connectivity index (χ0v) is 14.3. The molecule has 1 aliphatic heterocycles. The van der Waals surface area contributed by atoms with Crippen LogP contribution in [0.25, 0.3) is 0 Å². The van der Waals surface area contributed by atoms with Gasteiger partial charge in [0, 0.05) is 13.1 Å². The predicted octanol–water partition coefficient (Wildman–Crippen LogP) is 3.97. The predicted molar refractivity (Wildman–Crippen MR) is 90.8 cm³/mol. The molecule has 0 atom stereocenters. The van der Waals surface area contributed by atoms with Gasteiger partial charge in [0.05, 0.1) is 11.7 Å². The van der Waals surface area contributed by atoms with Gasteiger partial charge in [0.2, 0.25) is 5.82 Å². The van der Waals surface area contributed by atoms with Crippen LogP contribution in [0.3, 0.4) is 0 Å². The number of rotatable bonds is 4. The van der Waals surface area contributed by atoms with Crippen molar-refractivity contribution in [3.63, 3.8) is 0 Å². The van der Waals surface area contributed by atoms with Crippen LogP contribution in [0.5, 0.6) is 5.88 Å². The van der Waals surface area contributed by atoms with Crippen LogP contribution in [0.1, 0.15) is 36.5 Å². The second kappa shape index (κ2) is 6.65. The number of aryl methyl sites for hydroxylation is 2. The van der Waals surface area contributed by atoms with Crippen LogP contribution in [0, 0.1) is 19.8 Å². The normalized spacial score (nSPS) is 16.0. The molecule has 1 fully saturated rings. The lowest BCUT2D eigenvalue weighted by molar-refractivity contribution is 0.295. The highest BCUT2D eigenvalue weighted by atomic mass is 32.1. The molecule has 1 aliphatic rings. The molecule has 0 aliphatic carbocycles. The molecule has 3 rings (SSSR count). The van der Waals surface area contributed by atoms with Crippen molar-refractivity contribution in [2.24, 2.45) is 5.92 Å². The van der Waals surface area contributed by atoms with E-state index in [1.54, 1.807) is 0 Å². The van der Waals surface area contributed by atoms with Gasteiger partial charge in [0.25, 0.3) is 5.88 Å². The van der Waals surface area contributed by atoms with E-state index < -0.39 is 0 Å². The first-order valence-electron chi connectivity index (χ1n) is 7.90. The molecule has 0 amide bonds. The third-order valence-corrected chi connectivity index (χ3v) is 4.90. The fourth-order valence-corrected chi connectivity index (χ4v) is 3.30. The molecule has 0 radical (unpaired) electrons. The molecule has 2 aromatic rings. The number of nitrogens with zero attached hydrogens (tertiary/aromatic N) is 3. The van der Waals surface area contributed by atoms with Gasteiger partial charge >= 0.3 is 0 Å². The summed E-state index contributed by atoms with van der Waals surface area (Å²) in [4.78, 5) is 2.31. The van der Waals surface area contributed by atoms with Crippen molar-refractivity contribution < 1.29 is 4.74 Å². The van der Waals surface area contributed by atoms with Gasteiger partial charge in [-0.25, -0.2) is 0 Å². The molecule has 0 N–H and O–H groups in total. The lowest BCUT2D eigenvalue weighted by Gasteiger charge is -2.30. The average molecular weight is 317 g/mol. The average Bonchev–Trinajstić information content (AvgIpc) is 2.97. The van der Waals surface area contributed by atoms with Crippen LogP contribution < -0.4 is 9.64 Å². The Morgan fingerprint density at radius 1 is 1.23 bits per heavy atom. The van der Waals surface area contributed by atoms with Crippen molar-refractivity contribution in [3.05, 3.63) is 34.9 Å². The van der Waals surface area contributed by atoms with Gasteiger partial charge < -0.3 is 9.64 Å². The molecule has 1 saturated heterocycles. The molecule has 22 heavy (non-hydrogen) atoms. The third-order valence-electron chi connectivity index (χ3n) is 4.39. The zero-order chi connectivity index (χ0) is 15.5. The van der Waals surface area contributed by atoms with Crippen molar-refractivity contribution >= 4 is 17.5 Å². The number of benzene rings is 1. The highest BCUT2D eigenvalue weighted by molar-refractivity contribution is 6.99. The lowest BCUT2D eigenvalue weighted by atomic mass is 9.99. The van der Waals surface area contributed by atoms with Gasteiger partial charge in [-0.15, -0.1) is 4.37 Å². The van der Waals surface area contributed by atoms with Crippen molar-refractivity contribution in [2.45, 2.75) is 40.2 Å². The maximum Gasteiger partial charge on any atom is 0.271 e. The summed E-state index contributed by atoms with van der Waals surface area (Å²) in [6.45, 7) is 9.18. The summed E-state index contributed by atoms with van der Waals surface area (Å²) in [5.41, 5.74) is 3.72. The number of ether oxygens (including phenoxy) is 1. The zero-order valence-electron chi connectivity index (χ0n) is 13.5. The number of anilines is 1. The molecule has 1 aromatic carbocycles. The third kappa shape index (κ3) is 3.40. The summed E-state index contributed by atoms with van der Waals surface area (Å²) in [7, 11) is 0. The molecule has 0 bridgehead atoms. The SMILES string of the molecule is Cc1ccc(C)c(COc2nsnc2N2CCC(C)CC2)c1. The van der Waals surface area contributed by atoms with E-state index in [9.17, 15) is 0 Å². The fourth-order valence-electron chi connectivity index (χ4n) is 2.78. The number of aromatic nitrogens is 2. The van der Waals surface area contributed by atoms with Gasteiger partial charge in [-0.2, -0.15) is 4.37 Å². The standard InChI is InChI=1S/C17H23N3OS/c1-12-6-8-20(9-7-12)16-17(19-22-18-16)21-11-15-10-13(2)4-5-14(15)3/h4-5,10,12H,6-9,11H2,1-3H3. The van der Waals surface area contributed by atoms with E-state index in [4.69, 9.17) is 4.74 Å². The summed E-state index contributed by atoms with van der Waals surface area (Å²) in [5.74, 6) is 2.41. The van der Waals surface area contributed by atoms with Gasteiger partial charge in [-0.05, 0) is 43.7 Å². The molecule has 0 saturated carbocycles. The van der Waals surface area contributed by atoms with Crippen LogP contribution >= 0.6 is 11.7 Å². The first-order valence-corrected chi connectivity index (χ1v) is 8.63. The van der Waals surface area contributed by atoms with E-state index in [1.807, 2.05) is 0 Å². The largest absolute Gasteiger partial charge is 0.470 e. The Hall–Kier alpha value is -1.62. The minimum atomic E-state index is 0.552. The van der Waals surface area contributed by atoms with E-state index >= 15 is 0 Å². The first kappa shape index (κ1) is 15.3. The molecule has 2 heterocycles. The van der Waals surface area contributed by atoms with E-state index in [-0.39, 0.29) is 0 Å². The maximum atomic E-state index is 5.97. The molecular formula is C17H23N3OS. The summed E-state index contributed by atoms with van der Waals surface area (Å²) < 4.78 is 14.8. The van der Waals surface area contributed by atoms with Gasteiger partial charge in [-0.1, -0.05) is 30.7 Å². The second-order valence-electron chi connectivity index (χ2n) is 6.28. The monoisotopic (exact) mass is 317 g/mol. The number of piperidine rings is 1.